The highest BCUT2D eigenvalue weighted by Gasteiger charge is 2.62. The Labute approximate surface area is 358 Å². The lowest BCUT2D eigenvalue weighted by molar-refractivity contribution is -0.225. The van der Waals surface area contributed by atoms with Crippen LogP contribution in [0.5, 0.6) is 0 Å². The zero-order valence-corrected chi connectivity index (χ0v) is 35.0. The molecule has 4 aromatic heterocycles. The number of imidazole rings is 2. The van der Waals surface area contributed by atoms with Gasteiger partial charge in [-0.2, -0.15) is 17.6 Å². The molecule has 4 N–H and O–H groups in total. The summed E-state index contributed by atoms with van der Waals surface area (Å²) in [6.45, 7) is 7.16. The number of H-pyrrole nitrogens is 2. The fraction of sp³-hybridized carbons (Fsp3) is 0.318. The number of amides is 2. The highest BCUT2D eigenvalue weighted by molar-refractivity contribution is 5.92. The van der Waals surface area contributed by atoms with Crippen LogP contribution in [0.4, 0.5) is 27.2 Å². The fourth-order valence-corrected chi connectivity index (χ4v) is 7.38. The van der Waals surface area contributed by atoms with Gasteiger partial charge in [0.1, 0.15) is 18.7 Å². The summed E-state index contributed by atoms with van der Waals surface area (Å²) < 4.78 is 81.8. The molecule has 4 heterocycles. The highest BCUT2D eigenvalue weighted by Crippen LogP contribution is 2.58. The van der Waals surface area contributed by atoms with E-state index in [1.807, 2.05) is 0 Å². The maximum Gasteiger partial charge on any atom is 0.407 e. The molecule has 0 aliphatic heterocycles. The van der Waals surface area contributed by atoms with Gasteiger partial charge in [-0.05, 0) is 59.4 Å². The third-order valence-corrected chi connectivity index (χ3v) is 10.7. The first-order chi connectivity index (χ1) is 30.0. The predicted molar refractivity (Wildman–Crippen MR) is 222 cm³/mol. The molecule has 2 atom stereocenters. The van der Waals surface area contributed by atoms with Crippen molar-refractivity contribution in [2.45, 2.75) is 51.6 Å². The van der Waals surface area contributed by atoms with Gasteiger partial charge in [-0.25, -0.2) is 19.6 Å². The number of carbonyl (C=O) groups excluding carboxylic acids is 4. The Hall–Kier alpha value is -7.02. The third kappa shape index (κ3) is 8.22. The van der Waals surface area contributed by atoms with Gasteiger partial charge in [0.25, 0.3) is 11.8 Å². The van der Waals surface area contributed by atoms with Crippen molar-refractivity contribution >= 4 is 24.0 Å². The van der Waals surface area contributed by atoms with Crippen LogP contribution in [0.2, 0.25) is 0 Å². The standard InChI is InChI=1S/C44H44F4N8O7/c1-23(2)35(53-41(59)62-6)39(57)55-15-7-9-33(55)37-49-21-31(51-37)25-11-13-27-28-14-12-26(20-30(28)44(47,48)43(45,46)29(27)19-25)32-22-50-38(52-32)34-10-8-16-56(34)40(58)36(24(3)4)54-42(60)63-18-17-61-5/h7-16,19-24,35-36H,17-18H2,1-6H3,(H,49,51)(H,50,52)(H,53,59)(H,54,60)/t35?,36-/m0/s1. The Balaban J connectivity index is 1.15. The van der Waals surface area contributed by atoms with Crippen molar-refractivity contribution in [3.05, 3.63) is 96.6 Å². The van der Waals surface area contributed by atoms with Crippen LogP contribution in [0.25, 0.3) is 56.7 Å². The van der Waals surface area contributed by atoms with Gasteiger partial charge >= 0.3 is 24.0 Å². The quantitative estimate of drug-likeness (QED) is 0.0654. The minimum atomic E-state index is -4.65. The first-order valence-corrected chi connectivity index (χ1v) is 19.8. The van der Waals surface area contributed by atoms with Gasteiger partial charge in [-0.3, -0.25) is 18.7 Å². The summed E-state index contributed by atoms with van der Waals surface area (Å²) in [5.74, 6) is -10.6. The first-order valence-electron chi connectivity index (χ1n) is 19.8. The van der Waals surface area contributed by atoms with Crippen molar-refractivity contribution in [1.82, 2.24) is 39.7 Å². The average Bonchev–Trinajstić information content (AvgIpc) is 4.10. The van der Waals surface area contributed by atoms with Gasteiger partial charge in [0.15, 0.2) is 11.6 Å². The second kappa shape index (κ2) is 17.4. The van der Waals surface area contributed by atoms with Crippen LogP contribution in [0.15, 0.2) is 85.5 Å². The smallest absolute Gasteiger partial charge is 0.407 e. The Morgan fingerprint density at radius 3 is 1.52 bits per heavy atom. The molecule has 2 aromatic carbocycles. The molecular formula is C44H44F4N8O7. The number of methoxy groups -OCH3 is 2. The molecule has 0 fully saturated rings. The van der Waals surface area contributed by atoms with E-state index in [0.717, 1.165) is 12.1 Å². The summed E-state index contributed by atoms with van der Waals surface area (Å²) in [4.78, 5) is 66.3. The Kier molecular flexibility index (Phi) is 12.2. The Bertz CT molecular complexity index is 2680. The van der Waals surface area contributed by atoms with E-state index in [0.29, 0.717) is 11.4 Å². The largest absolute Gasteiger partial charge is 0.453 e. The molecule has 1 unspecified atom stereocenters. The lowest BCUT2D eigenvalue weighted by Gasteiger charge is -2.35. The van der Waals surface area contributed by atoms with Gasteiger partial charge in [-0.15, -0.1) is 0 Å². The molecule has 7 rings (SSSR count). The van der Waals surface area contributed by atoms with Crippen molar-refractivity contribution < 1.29 is 51.0 Å². The molecule has 63 heavy (non-hydrogen) atoms. The minimum absolute atomic E-state index is 0.0123. The molecule has 19 heteroatoms. The van der Waals surface area contributed by atoms with E-state index in [1.165, 1.54) is 72.4 Å². The van der Waals surface area contributed by atoms with Gasteiger partial charge in [0.05, 0.1) is 48.9 Å². The molecule has 0 radical (unpaired) electrons. The number of rotatable bonds is 13. The number of fused-ring (bicyclic) bond motifs is 3. The molecule has 0 saturated carbocycles. The molecule has 330 valence electrons. The molecular weight excluding hydrogens is 829 g/mol. The van der Waals surface area contributed by atoms with Crippen molar-refractivity contribution in [1.29, 1.82) is 0 Å². The predicted octanol–water partition coefficient (Wildman–Crippen LogP) is 8.33. The number of hydrogen-bond donors (Lipinski definition) is 4. The SMILES string of the molecule is COCCOC(=O)N[C@H](C(=O)n1cccc1-c1ncc(-c2ccc3c(c2)C(F)(F)C(F)(F)c2cc(-c4cnc(-c5cccn5C(=O)C(NC(=O)OC)C(C)C)[nH]4)ccc2-3)[nH]1)C(C)C. The van der Waals surface area contributed by atoms with Gasteiger partial charge in [-0.1, -0.05) is 52.0 Å². The number of aromatic amines is 2. The van der Waals surface area contributed by atoms with Gasteiger partial charge < -0.3 is 34.8 Å². The van der Waals surface area contributed by atoms with Crippen LogP contribution in [0.3, 0.4) is 0 Å². The summed E-state index contributed by atoms with van der Waals surface area (Å²) in [5, 5.41) is 5.11. The molecule has 0 bridgehead atoms. The number of benzene rings is 2. The Morgan fingerprint density at radius 2 is 1.11 bits per heavy atom. The normalized spacial score (nSPS) is 14.7. The maximum absolute atomic E-state index is 16.2. The number of alkyl carbamates (subject to hydrolysis) is 2. The second-order valence-electron chi connectivity index (χ2n) is 15.5. The van der Waals surface area contributed by atoms with Gasteiger partial charge in [0, 0.05) is 41.8 Å². The van der Waals surface area contributed by atoms with Gasteiger partial charge in [0.2, 0.25) is 0 Å². The molecule has 15 nitrogen and oxygen atoms in total. The number of aromatic nitrogens is 6. The lowest BCUT2D eigenvalue weighted by atomic mass is 9.79. The van der Waals surface area contributed by atoms with E-state index in [2.05, 4.69) is 35.3 Å². The Morgan fingerprint density at radius 1 is 0.667 bits per heavy atom. The molecule has 1 aliphatic rings. The fourth-order valence-electron chi connectivity index (χ4n) is 7.38. The van der Waals surface area contributed by atoms with Crippen LogP contribution in [-0.2, 0) is 26.1 Å². The van der Waals surface area contributed by atoms with Crippen LogP contribution < -0.4 is 10.6 Å². The summed E-state index contributed by atoms with van der Waals surface area (Å²) in [6.07, 6.45) is 4.08. The van der Waals surface area contributed by atoms with Crippen LogP contribution in [0, 0.1) is 11.8 Å². The number of ether oxygens (including phenoxy) is 3. The summed E-state index contributed by atoms with van der Waals surface area (Å²) in [6, 6.07) is 12.2. The summed E-state index contributed by atoms with van der Waals surface area (Å²) >= 11 is 0. The van der Waals surface area contributed by atoms with Crippen molar-refractivity contribution in [3.63, 3.8) is 0 Å². The third-order valence-electron chi connectivity index (χ3n) is 10.7. The minimum Gasteiger partial charge on any atom is -0.453 e. The number of hydrogen-bond acceptors (Lipinski definition) is 9. The van der Waals surface area contributed by atoms with Crippen LogP contribution >= 0.6 is 0 Å². The zero-order chi connectivity index (χ0) is 45.4. The molecule has 1 aliphatic carbocycles. The lowest BCUT2D eigenvalue weighted by Crippen LogP contribution is -2.47. The highest BCUT2D eigenvalue weighted by atomic mass is 19.3. The number of nitrogens with zero attached hydrogens (tertiary/aromatic N) is 4. The molecule has 0 saturated heterocycles. The summed E-state index contributed by atoms with van der Waals surface area (Å²) in [5.41, 5.74) is -0.634. The molecule has 2 amide bonds. The average molecular weight is 873 g/mol. The number of halogens is 4. The van der Waals surface area contributed by atoms with E-state index in [4.69, 9.17) is 9.47 Å². The number of alkyl halides is 4. The monoisotopic (exact) mass is 872 g/mol. The van der Waals surface area contributed by atoms with Crippen molar-refractivity contribution in [2.24, 2.45) is 11.8 Å². The first kappa shape index (κ1) is 44.0. The molecule has 6 aromatic rings. The zero-order valence-electron chi connectivity index (χ0n) is 35.0. The van der Waals surface area contributed by atoms with E-state index < -0.39 is 59.1 Å². The molecule has 0 spiro atoms. The maximum atomic E-state index is 16.2. The van der Waals surface area contributed by atoms with Crippen LogP contribution in [-0.4, -0.2) is 92.6 Å². The number of nitrogens with one attached hydrogen (secondary N) is 4. The second-order valence-corrected chi connectivity index (χ2v) is 15.5. The van der Waals surface area contributed by atoms with E-state index in [-0.39, 0.29) is 70.3 Å². The van der Waals surface area contributed by atoms with E-state index in [9.17, 15) is 19.2 Å². The van der Waals surface area contributed by atoms with Crippen LogP contribution in [0.1, 0.15) is 48.4 Å². The number of carbonyl (C=O) groups is 4. The van der Waals surface area contributed by atoms with E-state index >= 15 is 17.6 Å². The topological polar surface area (TPSA) is 187 Å². The van der Waals surface area contributed by atoms with Crippen molar-refractivity contribution in [2.75, 3.05) is 27.4 Å². The van der Waals surface area contributed by atoms with E-state index in [1.54, 1.807) is 52.0 Å². The summed E-state index contributed by atoms with van der Waals surface area (Å²) in [7, 11) is 2.64. The van der Waals surface area contributed by atoms with Crippen molar-refractivity contribution in [3.8, 4) is 56.7 Å².